The molecule has 0 saturated heterocycles. The van der Waals surface area contributed by atoms with Gasteiger partial charge < -0.3 is 5.32 Å². The third-order valence-corrected chi connectivity index (χ3v) is 2.72. The van der Waals surface area contributed by atoms with Gasteiger partial charge in [-0.3, -0.25) is 9.48 Å². The molecule has 94 valence electrons. The second kappa shape index (κ2) is 6.00. The van der Waals surface area contributed by atoms with Gasteiger partial charge in [-0.25, -0.2) is 0 Å². The van der Waals surface area contributed by atoms with Crippen LogP contribution in [0.5, 0.6) is 0 Å². The summed E-state index contributed by atoms with van der Waals surface area (Å²) in [5.74, 6) is 0.0597. The normalized spacial score (nSPS) is 10.3. The number of rotatable bonds is 5. The van der Waals surface area contributed by atoms with E-state index in [0.717, 1.165) is 12.1 Å². The highest BCUT2D eigenvalue weighted by Gasteiger charge is 2.03. The van der Waals surface area contributed by atoms with Crippen molar-refractivity contribution in [1.82, 2.24) is 15.1 Å². The first kappa shape index (κ1) is 12.4. The molecule has 0 bridgehead atoms. The highest BCUT2D eigenvalue weighted by Crippen LogP contribution is 2.02. The summed E-state index contributed by atoms with van der Waals surface area (Å²) in [4.78, 5) is 11.7. The van der Waals surface area contributed by atoms with Crippen molar-refractivity contribution in [2.45, 2.75) is 19.4 Å². The Morgan fingerprint density at radius 1 is 1.28 bits per heavy atom. The van der Waals surface area contributed by atoms with Gasteiger partial charge in [0.25, 0.3) is 0 Å². The lowest BCUT2D eigenvalue weighted by Gasteiger charge is -2.03. The predicted molar refractivity (Wildman–Crippen MR) is 69.8 cm³/mol. The average molecular weight is 243 g/mol. The first-order chi connectivity index (χ1) is 8.74. The number of hydrogen-bond acceptors (Lipinski definition) is 2. The van der Waals surface area contributed by atoms with Crippen LogP contribution in [0.25, 0.3) is 0 Å². The second-order valence-electron chi connectivity index (χ2n) is 4.24. The number of carbonyl (C=O) groups excluding carboxylic acids is 1. The highest BCUT2D eigenvalue weighted by molar-refractivity contribution is 5.76. The van der Waals surface area contributed by atoms with E-state index in [4.69, 9.17) is 0 Å². The summed E-state index contributed by atoms with van der Waals surface area (Å²) in [6, 6.07) is 11.9. The van der Waals surface area contributed by atoms with Crippen molar-refractivity contribution in [2.24, 2.45) is 7.05 Å². The lowest BCUT2D eigenvalue weighted by atomic mass is 10.1. The molecule has 1 aromatic carbocycles. The second-order valence-corrected chi connectivity index (χ2v) is 4.24. The molecule has 18 heavy (non-hydrogen) atoms. The van der Waals surface area contributed by atoms with Crippen LogP contribution in [0.15, 0.2) is 42.6 Å². The molecular weight excluding hydrogens is 226 g/mol. The van der Waals surface area contributed by atoms with Gasteiger partial charge in [-0.2, -0.15) is 5.10 Å². The van der Waals surface area contributed by atoms with Gasteiger partial charge in [0, 0.05) is 19.7 Å². The van der Waals surface area contributed by atoms with E-state index in [0.29, 0.717) is 13.0 Å². The molecule has 4 nitrogen and oxygen atoms in total. The van der Waals surface area contributed by atoms with Gasteiger partial charge in [0.15, 0.2) is 0 Å². The van der Waals surface area contributed by atoms with Gasteiger partial charge in [-0.1, -0.05) is 30.3 Å². The van der Waals surface area contributed by atoms with Crippen molar-refractivity contribution in [1.29, 1.82) is 0 Å². The summed E-state index contributed by atoms with van der Waals surface area (Å²) in [5.41, 5.74) is 2.07. The van der Waals surface area contributed by atoms with Crippen molar-refractivity contribution < 1.29 is 4.79 Å². The molecule has 0 aliphatic heterocycles. The van der Waals surface area contributed by atoms with Gasteiger partial charge in [-0.15, -0.1) is 0 Å². The number of aromatic nitrogens is 2. The SMILES string of the molecule is Cn1ccc(CNC(=O)CCc2ccccc2)n1. The molecule has 0 radical (unpaired) electrons. The van der Waals surface area contributed by atoms with Crippen LogP contribution in [-0.2, 0) is 24.8 Å². The average Bonchev–Trinajstić information content (AvgIpc) is 2.81. The molecule has 0 spiro atoms. The van der Waals surface area contributed by atoms with Crippen LogP contribution in [0.1, 0.15) is 17.7 Å². The molecule has 4 heteroatoms. The van der Waals surface area contributed by atoms with Crippen molar-refractivity contribution >= 4 is 5.91 Å². The first-order valence-electron chi connectivity index (χ1n) is 6.03. The lowest BCUT2D eigenvalue weighted by molar-refractivity contribution is -0.121. The van der Waals surface area contributed by atoms with Crippen LogP contribution in [0.3, 0.4) is 0 Å². The molecule has 1 heterocycles. The quantitative estimate of drug-likeness (QED) is 0.868. The largest absolute Gasteiger partial charge is 0.350 e. The smallest absolute Gasteiger partial charge is 0.220 e. The zero-order valence-corrected chi connectivity index (χ0v) is 10.5. The number of nitrogens with one attached hydrogen (secondary N) is 1. The zero-order valence-electron chi connectivity index (χ0n) is 10.5. The summed E-state index contributed by atoms with van der Waals surface area (Å²) in [6.07, 6.45) is 3.15. The van der Waals surface area contributed by atoms with Crippen molar-refractivity contribution in [3.05, 3.63) is 53.9 Å². The maximum absolute atomic E-state index is 11.7. The topological polar surface area (TPSA) is 46.9 Å². The van der Waals surface area contributed by atoms with E-state index in [1.165, 1.54) is 5.56 Å². The molecule has 0 aliphatic carbocycles. The van der Waals surface area contributed by atoms with Gasteiger partial charge in [0.1, 0.15) is 0 Å². The Morgan fingerprint density at radius 3 is 2.72 bits per heavy atom. The molecule has 1 amide bonds. The standard InChI is InChI=1S/C14H17N3O/c1-17-10-9-13(16-17)11-15-14(18)8-7-12-5-3-2-4-6-12/h2-6,9-10H,7-8,11H2,1H3,(H,15,18). The molecular formula is C14H17N3O. The molecule has 2 rings (SSSR count). The Morgan fingerprint density at radius 2 is 2.06 bits per heavy atom. The lowest BCUT2D eigenvalue weighted by Crippen LogP contribution is -2.23. The molecule has 0 unspecified atom stereocenters. The molecule has 1 aromatic heterocycles. The van der Waals surface area contributed by atoms with E-state index < -0.39 is 0 Å². The number of aryl methyl sites for hydroxylation is 2. The number of hydrogen-bond donors (Lipinski definition) is 1. The van der Waals surface area contributed by atoms with Crippen molar-refractivity contribution in [2.75, 3.05) is 0 Å². The summed E-state index contributed by atoms with van der Waals surface area (Å²) in [6.45, 7) is 0.495. The molecule has 0 aliphatic rings. The molecule has 1 N–H and O–H groups in total. The molecule has 0 fully saturated rings. The van der Waals surface area contributed by atoms with E-state index in [2.05, 4.69) is 10.4 Å². The van der Waals surface area contributed by atoms with Crippen LogP contribution in [0.4, 0.5) is 0 Å². The third kappa shape index (κ3) is 3.73. The molecule has 2 aromatic rings. The van der Waals surface area contributed by atoms with Gasteiger partial charge in [0.05, 0.1) is 12.2 Å². The van der Waals surface area contributed by atoms with Crippen LogP contribution in [-0.4, -0.2) is 15.7 Å². The van der Waals surface area contributed by atoms with E-state index >= 15 is 0 Å². The van der Waals surface area contributed by atoms with Crippen LogP contribution in [0.2, 0.25) is 0 Å². The summed E-state index contributed by atoms with van der Waals surface area (Å²) in [7, 11) is 1.86. The Bertz CT molecular complexity index is 505. The minimum absolute atomic E-state index is 0.0597. The number of carbonyl (C=O) groups is 1. The summed E-state index contributed by atoms with van der Waals surface area (Å²) in [5, 5.41) is 7.07. The fraction of sp³-hybridized carbons (Fsp3) is 0.286. The van der Waals surface area contributed by atoms with Gasteiger partial charge in [0.2, 0.25) is 5.91 Å². The number of nitrogens with zero attached hydrogens (tertiary/aromatic N) is 2. The third-order valence-electron chi connectivity index (χ3n) is 2.72. The monoisotopic (exact) mass is 243 g/mol. The van der Waals surface area contributed by atoms with Crippen LogP contribution >= 0.6 is 0 Å². The molecule has 0 atom stereocenters. The number of benzene rings is 1. The van der Waals surface area contributed by atoms with E-state index in [9.17, 15) is 4.79 Å². The van der Waals surface area contributed by atoms with Crippen molar-refractivity contribution in [3.8, 4) is 0 Å². The van der Waals surface area contributed by atoms with Crippen molar-refractivity contribution in [3.63, 3.8) is 0 Å². The van der Waals surface area contributed by atoms with Crippen LogP contribution in [0, 0.1) is 0 Å². The first-order valence-corrected chi connectivity index (χ1v) is 6.03. The Balaban J connectivity index is 1.73. The van der Waals surface area contributed by atoms with E-state index in [1.54, 1.807) is 4.68 Å². The zero-order chi connectivity index (χ0) is 12.8. The van der Waals surface area contributed by atoms with Crippen LogP contribution < -0.4 is 5.32 Å². The summed E-state index contributed by atoms with van der Waals surface area (Å²) >= 11 is 0. The predicted octanol–water partition coefficient (Wildman–Crippen LogP) is 1.67. The van der Waals surface area contributed by atoms with Gasteiger partial charge >= 0.3 is 0 Å². The summed E-state index contributed by atoms with van der Waals surface area (Å²) < 4.78 is 1.73. The fourth-order valence-electron chi connectivity index (χ4n) is 1.74. The fourth-order valence-corrected chi connectivity index (χ4v) is 1.74. The Kier molecular flexibility index (Phi) is 4.12. The molecule has 0 saturated carbocycles. The van der Waals surface area contributed by atoms with E-state index in [1.807, 2.05) is 49.6 Å². The van der Waals surface area contributed by atoms with E-state index in [-0.39, 0.29) is 5.91 Å². The van der Waals surface area contributed by atoms with Gasteiger partial charge in [-0.05, 0) is 18.1 Å². The Labute approximate surface area is 107 Å². The Hall–Kier alpha value is -2.10. The minimum Gasteiger partial charge on any atom is -0.350 e. The minimum atomic E-state index is 0.0597. The highest BCUT2D eigenvalue weighted by atomic mass is 16.1. The maximum atomic E-state index is 11.7. The maximum Gasteiger partial charge on any atom is 0.220 e. The number of amides is 1.